The summed E-state index contributed by atoms with van der Waals surface area (Å²) in [5, 5.41) is 17.8. The molecule has 4 rings (SSSR count). The summed E-state index contributed by atoms with van der Waals surface area (Å²) in [6, 6.07) is 18.9. The van der Waals surface area contributed by atoms with E-state index in [0.29, 0.717) is 18.1 Å². The van der Waals surface area contributed by atoms with Crippen molar-refractivity contribution in [1.82, 2.24) is 15.0 Å². The van der Waals surface area contributed by atoms with Gasteiger partial charge in [-0.1, -0.05) is 106 Å². The Balaban J connectivity index is 1.42. The topological polar surface area (TPSA) is 96.5 Å². The van der Waals surface area contributed by atoms with Gasteiger partial charge in [0.25, 0.3) is 5.89 Å². The number of carboxylic acid groups (broad SMARTS) is 1. The minimum atomic E-state index is -1.47. The second-order valence-electron chi connectivity index (χ2n) is 10.8. The monoisotopic (exact) mass is 587 g/mol. The molecule has 1 N–H and O–H groups in total. The lowest BCUT2D eigenvalue weighted by atomic mass is 9.98. The van der Waals surface area contributed by atoms with Crippen LogP contribution in [0, 0.1) is 0 Å². The molecule has 1 amide bonds. The van der Waals surface area contributed by atoms with Gasteiger partial charge in [-0.2, -0.15) is 16.3 Å². The highest BCUT2D eigenvalue weighted by Crippen LogP contribution is 2.30. The van der Waals surface area contributed by atoms with Crippen molar-refractivity contribution < 1.29 is 19.2 Å². The van der Waals surface area contributed by atoms with E-state index in [4.69, 9.17) is 4.52 Å². The first-order valence-corrected chi connectivity index (χ1v) is 16.0. The summed E-state index contributed by atoms with van der Waals surface area (Å²) in [5.74, 6) is -1.29. The van der Waals surface area contributed by atoms with Gasteiger partial charge in [0, 0.05) is 18.5 Å². The molecule has 0 aliphatic heterocycles. The standard InChI is InChI=1S/C34H41N3O4S/c1-2-3-4-5-6-7-8-9-13-19-31-35-32(41-36-31)28-18-14-17-27(22-28)24-37(33(38)34(39)40)30(29-20-21-42-25-29)23-26-15-11-10-12-16-26/h10-12,14-18,20-22,25,30H,2-9,13,19,23-24H2,1H3,(H,39,40). The molecule has 2 heterocycles. The van der Waals surface area contributed by atoms with E-state index in [-0.39, 0.29) is 6.54 Å². The number of amides is 1. The Hall–Kier alpha value is -3.78. The quantitative estimate of drug-likeness (QED) is 0.0986. The number of thiophene rings is 1. The summed E-state index contributed by atoms with van der Waals surface area (Å²) >= 11 is 1.52. The third-order valence-corrected chi connectivity index (χ3v) is 8.22. The Kier molecular flexibility index (Phi) is 12.3. The first-order valence-electron chi connectivity index (χ1n) is 15.1. The number of carbonyl (C=O) groups is 2. The van der Waals surface area contributed by atoms with Crippen LogP contribution in [0.3, 0.4) is 0 Å². The zero-order chi connectivity index (χ0) is 29.6. The van der Waals surface area contributed by atoms with Crippen LogP contribution in [0.25, 0.3) is 11.5 Å². The molecule has 7 nitrogen and oxygen atoms in total. The molecule has 0 bridgehead atoms. The molecule has 2 aromatic heterocycles. The third kappa shape index (κ3) is 9.38. The van der Waals surface area contributed by atoms with Gasteiger partial charge in [-0.15, -0.1) is 0 Å². The van der Waals surface area contributed by atoms with Crippen LogP contribution >= 0.6 is 11.3 Å². The fourth-order valence-corrected chi connectivity index (χ4v) is 5.93. The summed E-state index contributed by atoms with van der Waals surface area (Å²) in [4.78, 5) is 31.0. The molecule has 222 valence electrons. The van der Waals surface area contributed by atoms with E-state index in [2.05, 4.69) is 17.1 Å². The molecule has 42 heavy (non-hydrogen) atoms. The molecule has 0 fully saturated rings. The summed E-state index contributed by atoms with van der Waals surface area (Å²) in [6.45, 7) is 2.37. The van der Waals surface area contributed by atoms with Crippen LogP contribution in [0.1, 0.15) is 93.3 Å². The lowest BCUT2D eigenvalue weighted by Crippen LogP contribution is -2.39. The summed E-state index contributed by atoms with van der Waals surface area (Å²) < 4.78 is 5.58. The number of aryl methyl sites for hydroxylation is 1. The summed E-state index contributed by atoms with van der Waals surface area (Å²) in [7, 11) is 0. The van der Waals surface area contributed by atoms with Gasteiger partial charge >= 0.3 is 11.9 Å². The molecule has 0 spiro atoms. The van der Waals surface area contributed by atoms with Crippen molar-refractivity contribution in [3.8, 4) is 11.5 Å². The van der Waals surface area contributed by atoms with Gasteiger partial charge < -0.3 is 14.5 Å². The van der Waals surface area contributed by atoms with E-state index in [1.54, 1.807) is 0 Å². The second kappa shape index (κ2) is 16.6. The van der Waals surface area contributed by atoms with Gasteiger partial charge in [0.05, 0.1) is 6.04 Å². The Morgan fingerprint density at radius 3 is 2.31 bits per heavy atom. The Bertz CT molecular complexity index is 1370. The second-order valence-corrected chi connectivity index (χ2v) is 11.6. The van der Waals surface area contributed by atoms with Crippen LogP contribution in [0.2, 0.25) is 0 Å². The fourth-order valence-electron chi connectivity index (χ4n) is 5.22. The third-order valence-electron chi connectivity index (χ3n) is 7.52. The van der Waals surface area contributed by atoms with Crippen LogP contribution in [-0.4, -0.2) is 32.0 Å². The van der Waals surface area contributed by atoms with E-state index in [9.17, 15) is 14.7 Å². The first kappa shape index (κ1) is 31.2. The molecule has 2 aromatic carbocycles. The Labute approximate surface area is 252 Å². The number of aromatic nitrogens is 2. The molecule has 1 unspecified atom stereocenters. The van der Waals surface area contributed by atoms with Crippen LogP contribution in [0.4, 0.5) is 0 Å². The van der Waals surface area contributed by atoms with Gasteiger partial charge in [0.2, 0.25) is 0 Å². The molecule has 4 aromatic rings. The summed E-state index contributed by atoms with van der Waals surface area (Å²) in [6.07, 6.45) is 12.6. The number of hydrogen-bond donors (Lipinski definition) is 1. The minimum absolute atomic E-state index is 0.131. The lowest BCUT2D eigenvalue weighted by Gasteiger charge is -2.31. The van der Waals surface area contributed by atoms with Crippen LogP contribution in [0.5, 0.6) is 0 Å². The highest BCUT2D eigenvalue weighted by molar-refractivity contribution is 7.08. The predicted molar refractivity (Wildman–Crippen MR) is 166 cm³/mol. The number of unbranched alkanes of at least 4 members (excludes halogenated alkanes) is 8. The normalized spacial score (nSPS) is 11.8. The van der Waals surface area contributed by atoms with E-state index in [1.807, 2.05) is 71.4 Å². The van der Waals surface area contributed by atoms with Crippen molar-refractivity contribution in [3.05, 3.63) is 93.9 Å². The first-order chi connectivity index (χ1) is 20.5. The highest BCUT2D eigenvalue weighted by Gasteiger charge is 2.30. The van der Waals surface area contributed by atoms with Gasteiger partial charge in [0.15, 0.2) is 5.82 Å². The summed E-state index contributed by atoms with van der Waals surface area (Å²) in [5.41, 5.74) is 3.47. The van der Waals surface area contributed by atoms with E-state index in [0.717, 1.165) is 41.5 Å². The number of rotatable bonds is 17. The highest BCUT2D eigenvalue weighted by atomic mass is 32.1. The SMILES string of the molecule is CCCCCCCCCCCc1noc(-c2cccc(CN(C(=O)C(=O)O)C(Cc3ccccc3)c3ccsc3)c2)n1. The van der Waals surface area contributed by atoms with Gasteiger partial charge in [-0.3, -0.25) is 4.79 Å². The van der Waals surface area contributed by atoms with E-state index < -0.39 is 17.9 Å². The van der Waals surface area contributed by atoms with Gasteiger partial charge in [0.1, 0.15) is 0 Å². The van der Waals surface area contributed by atoms with Crippen molar-refractivity contribution in [1.29, 1.82) is 0 Å². The van der Waals surface area contributed by atoms with Crippen molar-refractivity contribution >= 4 is 23.2 Å². The lowest BCUT2D eigenvalue weighted by molar-refractivity contribution is -0.157. The molecule has 8 heteroatoms. The molecule has 0 aliphatic rings. The largest absolute Gasteiger partial charge is 0.474 e. The number of aliphatic carboxylic acids is 1. The maximum Gasteiger partial charge on any atom is 0.394 e. The van der Waals surface area contributed by atoms with E-state index >= 15 is 0 Å². The average Bonchev–Trinajstić information content (AvgIpc) is 3.71. The fraction of sp³-hybridized carbons (Fsp3) is 0.412. The van der Waals surface area contributed by atoms with Crippen LogP contribution in [0.15, 0.2) is 75.9 Å². The maximum absolute atomic E-state index is 13.0. The average molecular weight is 588 g/mol. The molecular formula is C34H41N3O4S. The Morgan fingerprint density at radius 1 is 0.905 bits per heavy atom. The number of benzene rings is 2. The number of hydrogen-bond acceptors (Lipinski definition) is 6. The van der Waals surface area contributed by atoms with Crippen molar-refractivity contribution in [2.45, 2.75) is 90.1 Å². The number of nitrogens with zero attached hydrogens (tertiary/aromatic N) is 3. The maximum atomic E-state index is 13.0. The molecular weight excluding hydrogens is 546 g/mol. The molecule has 1 atom stereocenters. The van der Waals surface area contributed by atoms with E-state index in [1.165, 1.54) is 61.2 Å². The molecule has 0 saturated heterocycles. The molecule has 0 saturated carbocycles. The predicted octanol–water partition coefficient (Wildman–Crippen LogP) is 8.27. The zero-order valence-electron chi connectivity index (χ0n) is 24.4. The van der Waals surface area contributed by atoms with Crippen molar-refractivity contribution in [2.24, 2.45) is 0 Å². The molecule has 0 radical (unpaired) electrons. The van der Waals surface area contributed by atoms with Crippen LogP contribution < -0.4 is 0 Å². The molecule has 0 aliphatic carbocycles. The number of carboxylic acids is 1. The smallest absolute Gasteiger partial charge is 0.394 e. The number of carbonyl (C=O) groups excluding carboxylic acids is 1. The van der Waals surface area contributed by atoms with Crippen molar-refractivity contribution in [3.63, 3.8) is 0 Å². The van der Waals surface area contributed by atoms with Gasteiger partial charge in [-0.05, 0) is 58.5 Å². The van der Waals surface area contributed by atoms with Crippen molar-refractivity contribution in [2.75, 3.05) is 0 Å². The van der Waals surface area contributed by atoms with Crippen LogP contribution in [-0.2, 0) is 29.0 Å². The minimum Gasteiger partial charge on any atom is -0.474 e. The van der Waals surface area contributed by atoms with Gasteiger partial charge in [-0.25, -0.2) is 4.79 Å². The Morgan fingerprint density at radius 2 is 1.62 bits per heavy atom. The zero-order valence-corrected chi connectivity index (χ0v) is 25.2.